The van der Waals surface area contributed by atoms with Crippen LogP contribution in [0.3, 0.4) is 0 Å². The van der Waals surface area contributed by atoms with Crippen LogP contribution in [0, 0.1) is 0 Å². The van der Waals surface area contributed by atoms with Crippen molar-refractivity contribution in [2.75, 3.05) is 32.7 Å². The van der Waals surface area contributed by atoms with Crippen molar-refractivity contribution in [1.29, 1.82) is 0 Å². The van der Waals surface area contributed by atoms with E-state index in [1.807, 2.05) is 37.8 Å². The van der Waals surface area contributed by atoms with Crippen LogP contribution in [-0.4, -0.2) is 54.2 Å². The van der Waals surface area contributed by atoms with Crippen molar-refractivity contribution in [2.45, 2.75) is 59.0 Å². The molecule has 0 aromatic heterocycles. The quantitative estimate of drug-likeness (QED) is 0.403. The Hall–Kier alpha value is -2.05. The second-order valence-electron chi connectivity index (χ2n) is 10.0. The average molecular weight is 518 g/mol. The molecule has 0 spiro atoms. The number of carbonyl (C=O) groups excluding carboxylic acids is 1. The van der Waals surface area contributed by atoms with Gasteiger partial charge in [0.15, 0.2) is 0 Å². The number of hydrogen-bond acceptors (Lipinski definition) is 4. The van der Waals surface area contributed by atoms with Gasteiger partial charge in [-0.1, -0.05) is 32.0 Å². The van der Waals surface area contributed by atoms with Gasteiger partial charge in [-0.15, -0.1) is 0 Å². The first-order valence-electron chi connectivity index (χ1n) is 11.9. The predicted octanol–water partition coefficient (Wildman–Crippen LogP) is 6.85. The van der Waals surface area contributed by atoms with Gasteiger partial charge in [0.25, 0.3) is 0 Å². The molecule has 1 heterocycles. The topological polar surface area (TPSA) is 42.0 Å². The highest BCUT2D eigenvalue weighted by Crippen LogP contribution is 2.32. The fourth-order valence-corrected chi connectivity index (χ4v) is 4.32. The molecule has 6 heteroatoms. The highest BCUT2D eigenvalue weighted by Gasteiger charge is 2.25. The van der Waals surface area contributed by atoms with E-state index in [1.54, 1.807) is 0 Å². The number of ether oxygens (including phenoxy) is 2. The zero-order valence-corrected chi connectivity index (χ0v) is 22.2. The molecular weight excluding hydrogens is 480 g/mol. The third-order valence-corrected chi connectivity index (χ3v) is 6.33. The third kappa shape index (κ3) is 8.04. The average Bonchev–Trinajstić information content (AvgIpc) is 2.74. The van der Waals surface area contributed by atoms with E-state index in [2.05, 4.69) is 65.0 Å². The number of carbonyl (C=O) groups is 1. The molecule has 180 valence electrons. The summed E-state index contributed by atoms with van der Waals surface area (Å²) in [7, 11) is 0. The lowest BCUT2D eigenvalue weighted by Crippen LogP contribution is -2.50. The minimum absolute atomic E-state index is 0.204. The number of halogens is 1. The third-order valence-electron chi connectivity index (χ3n) is 5.71. The molecule has 0 saturated carbocycles. The van der Waals surface area contributed by atoms with Gasteiger partial charge in [-0.05, 0) is 97.4 Å². The maximum atomic E-state index is 12.2. The standard InChI is InChI=1S/C27H37BrN2O3/c1-20(2)22-11-12-25(24(28)19-22)32-23-10-6-8-21(18-23)9-7-13-29-14-16-30(17-15-29)26(31)33-27(3,4)5/h6,8,10-12,18-20H,7,9,13-17H2,1-5H3. The molecule has 1 aliphatic rings. The Morgan fingerprint density at radius 1 is 1.06 bits per heavy atom. The van der Waals surface area contributed by atoms with Gasteiger partial charge < -0.3 is 14.4 Å². The van der Waals surface area contributed by atoms with Gasteiger partial charge in [-0.2, -0.15) is 0 Å². The molecule has 5 nitrogen and oxygen atoms in total. The fraction of sp³-hybridized carbons (Fsp3) is 0.519. The van der Waals surface area contributed by atoms with Crippen LogP contribution in [0.2, 0.25) is 0 Å². The lowest BCUT2D eigenvalue weighted by molar-refractivity contribution is 0.0144. The van der Waals surface area contributed by atoms with Gasteiger partial charge in [0.2, 0.25) is 0 Å². The summed E-state index contributed by atoms with van der Waals surface area (Å²) in [6.07, 6.45) is 1.86. The Balaban J connectivity index is 1.45. The molecule has 2 aromatic carbocycles. The Bertz CT molecular complexity index is 931. The lowest BCUT2D eigenvalue weighted by atomic mass is 10.0. The zero-order chi connectivity index (χ0) is 24.0. The summed E-state index contributed by atoms with van der Waals surface area (Å²) in [5, 5.41) is 0. The molecule has 0 atom stereocenters. The first-order chi connectivity index (χ1) is 15.6. The van der Waals surface area contributed by atoms with Crippen molar-refractivity contribution in [3.05, 3.63) is 58.1 Å². The zero-order valence-electron chi connectivity index (χ0n) is 20.6. The van der Waals surface area contributed by atoms with E-state index in [9.17, 15) is 4.79 Å². The summed E-state index contributed by atoms with van der Waals surface area (Å²) in [6, 6.07) is 14.6. The maximum absolute atomic E-state index is 12.2. The van der Waals surface area contributed by atoms with Crippen molar-refractivity contribution in [3.8, 4) is 11.5 Å². The van der Waals surface area contributed by atoms with Crippen molar-refractivity contribution < 1.29 is 14.3 Å². The Kier molecular flexibility index (Phi) is 8.82. The largest absolute Gasteiger partial charge is 0.456 e. The minimum Gasteiger partial charge on any atom is -0.456 e. The fourth-order valence-electron chi connectivity index (χ4n) is 3.84. The van der Waals surface area contributed by atoms with E-state index in [1.165, 1.54) is 11.1 Å². The second-order valence-corrected chi connectivity index (χ2v) is 10.9. The number of hydrogen-bond donors (Lipinski definition) is 0. The number of rotatable bonds is 7. The van der Waals surface area contributed by atoms with Gasteiger partial charge in [0, 0.05) is 26.2 Å². The summed E-state index contributed by atoms with van der Waals surface area (Å²) in [5.41, 5.74) is 2.12. The molecule has 0 N–H and O–H groups in total. The first kappa shape index (κ1) is 25.6. The molecule has 0 aliphatic carbocycles. The van der Waals surface area contributed by atoms with Gasteiger partial charge in [-0.3, -0.25) is 4.90 Å². The highest BCUT2D eigenvalue weighted by molar-refractivity contribution is 9.10. The van der Waals surface area contributed by atoms with Crippen LogP contribution in [0.15, 0.2) is 46.9 Å². The van der Waals surface area contributed by atoms with E-state index in [0.717, 1.165) is 61.5 Å². The van der Waals surface area contributed by atoms with Crippen molar-refractivity contribution in [1.82, 2.24) is 9.80 Å². The van der Waals surface area contributed by atoms with Crippen LogP contribution in [-0.2, 0) is 11.2 Å². The second kappa shape index (κ2) is 11.4. The number of aryl methyl sites for hydroxylation is 1. The molecule has 1 amide bonds. The Morgan fingerprint density at radius 3 is 2.42 bits per heavy atom. The number of nitrogens with zero attached hydrogens (tertiary/aromatic N) is 2. The van der Waals surface area contributed by atoms with Crippen LogP contribution in [0.25, 0.3) is 0 Å². The highest BCUT2D eigenvalue weighted by atomic mass is 79.9. The first-order valence-corrected chi connectivity index (χ1v) is 12.7. The molecule has 2 aromatic rings. The molecule has 1 fully saturated rings. The summed E-state index contributed by atoms with van der Waals surface area (Å²) in [4.78, 5) is 16.5. The maximum Gasteiger partial charge on any atom is 0.410 e. The number of piperazine rings is 1. The van der Waals surface area contributed by atoms with E-state index in [0.29, 0.717) is 5.92 Å². The summed E-state index contributed by atoms with van der Waals surface area (Å²) < 4.78 is 12.6. The van der Waals surface area contributed by atoms with Crippen LogP contribution in [0.1, 0.15) is 58.1 Å². The number of benzene rings is 2. The van der Waals surface area contributed by atoms with Gasteiger partial charge in [0.1, 0.15) is 17.1 Å². The molecule has 1 saturated heterocycles. The molecule has 3 rings (SSSR count). The predicted molar refractivity (Wildman–Crippen MR) is 137 cm³/mol. The van der Waals surface area contributed by atoms with Crippen molar-refractivity contribution >= 4 is 22.0 Å². The Morgan fingerprint density at radius 2 is 1.79 bits per heavy atom. The normalized spacial score (nSPS) is 15.1. The molecule has 1 aliphatic heterocycles. The SMILES string of the molecule is CC(C)c1ccc(Oc2cccc(CCCN3CCN(C(=O)OC(C)(C)C)CC3)c2)c(Br)c1. The van der Waals surface area contributed by atoms with Gasteiger partial charge in [-0.25, -0.2) is 4.79 Å². The van der Waals surface area contributed by atoms with Crippen molar-refractivity contribution in [3.63, 3.8) is 0 Å². The van der Waals surface area contributed by atoms with Crippen LogP contribution in [0.5, 0.6) is 11.5 Å². The smallest absolute Gasteiger partial charge is 0.410 e. The van der Waals surface area contributed by atoms with Crippen LogP contribution < -0.4 is 4.74 Å². The minimum atomic E-state index is -0.444. The van der Waals surface area contributed by atoms with E-state index >= 15 is 0 Å². The number of amides is 1. The van der Waals surface area contributed by atoms with E-state index in [-0.39, 0.29) is 6.09 Å². The monoisotopic (exact) mass is 516 g/mol. The Labute approximate surface area is 207 Å². The van der Waals surface area contributed by atoms with E-state index < -0.39 is 5.60 Å². The molecular formula is C27H37BrN2O3. The van der Waals surface area contributed by atoms with Gasteiger partial charge >= 0.3 is 6.09 Å². The molecule has 0 bridgehead atoms. The van der Waals surface area contributed by atoms with Crippen LogP contribution >= 0.6 is 15.9 Å². The summed E-state index contributed by atoms with van der Waals surface area (Å²) in [6.45, 7) is 14.3. The molecule has 0 unspecified atom stereocenters. The lowest BCUT2D eigenvalue weighted by Gasteiger charge is -2.35. The van der Waals surface area contributed by atoms with E-state index in [4.69, 9.17) is 9.47 Å². The van der Waals surface area contributed by atoms with Crippen LogP contribution in [0.4, 0.5) is 4.79 Å². The van der Waals surface area contributed by atoms with Crippen molar-refractivity contribution in [2.24, 2.45) is 0 Å². The molecule has 0 radical (unpaired) electrons. The molecule has 33 heavy (non-hydrogen) atoms. The van der Waals surface area contributed by atoms with Gasteiger partial charge in [0.05, 0.1) is 4.47 Å². The summed E-state index contributed by atoms with van der Waals surface area (Å²) >= 11 is 3.64. The summed E-state index contributed by atoms with van der Waals surface area (Å²) in [5.74, 6) is 2.18.